The zero-order chi connectivity index (χ0) is 19.2. The summed E-state index contributed by atoms with van der Waals surface area (Å²) in [4.78, 5) is 26.4. The first-order chi connectivity index (χ1) is 13.0. The van der Waals surface area contributed by atoms with Crippen LogP contribution in [0.4, 0.5) is 11.4 Å². The SMILES string of the molecule is CN(C)c1ccc(NC(=O)c2cc(=O)c(OCc3ccccc3)co2)cc1. The fourth-order valence-electron chi connectivity index (χ4n) is 2.39. The summed E-state index contributed by atoms with van der Waals surface area (Å²) in [6.45, 7) is 0.245. The molecule has 1 heterocycles. The highest BCUT2D eigenvalue weighted by molar-refractivity contribution is 6.02. The maximum Gasteiger partial charge on any atom is 0.291 e. The monoisotopic (exact) mass is 364 g/mol. The van der Waals surface area contributed by atoms with Crippen molar-refractivity contribution in [3.05, 3.63) is 88.5 Å². The maximum atomic E-state index is 12.3. The van der Waals surface area contributed by atoms with Gasteiger partial charge in [0.1, 0.15) is 12.9 Å². The minimum Gasteiger partial charge on any atom is -0.482 e. The predicted molar refractivity (Wildman–Crippen MR) is 104 cm³/mol. The Hall–Kier alpha value is -3.54. The topological polar surface area (TPSA) is 71.8 Å². The summed E-state index contributed by atoms with van der Waals surface area (Å²) in [6.07, 6.45) is 1.16. The number of nitrogens with one attached hydrogen (secondary N) is 1. The van der Waals surface area contributed by atoms with Crippen molar-refractivity contribution in [3.63, 3.8) is 0 Å². The van der Waals surface area contributed by atoms with Crippen LogP contribution in [-0.4, -0.2) is 20.0 Å². The molecule has 0 aliphatic rings. The van der Waals surface area contributed by atoms with E-state index in [9.17, 15) is 9.59 Å². The largest absolute Gasteiger partial charge is 0.482 e. The highest BCUT2D eigenvalue weighted by Gasteiger charge is 2.13. The fraction of sp³-hybridized carbons (Fsp3) is 0.143. The first-order valence-electron chi connectivity index (χ1n) is 8.41. The second-order valence-electron chi connectivity index (χ2n) is 6.14. The van der Waals surface area contributed by atoms with Gasteiger partial charge in [-0.15, -0.1) is 0 Å². The summed E-state index contributed by atoms with van der Waals surface area (Å²) in [6, 6.07) is 17.9. The molecule has 138 valence electrons. The highest BCUT2D eigenvalue weighted by atomic mass is 16.5. The summed E-state index contributed by atoms with van der Waals surface area (Å²) in [7, 11) is 3.87. The standard InChI is InChI=1S/C21H20N2O4/c1-23(2)17-10-8-16(9-11-17)22-21(25)19-12-18(24)20(14-27-19)26-13-15-6-4-3-5-7-15/h3-12,14H,13H2,1-2H3,(H,22,25). The van der Waals surface area contributed by atoms with Gasteiger partial charge in [-0.1, -0.05) is 30.3 Å². The molecule has 3 rings (SSSR count). The molecule has 0 aliphatic carbocycles. The Bertz CT molecular complexity index is 963. The molecular formula is C21H20N2O4. The van der Waals surface area contributed by atoms with E-state index in [-0.39, 0.29) is 18.1 Å². The van der Waals surface area contributed by atoms with Crippen LogP contribution in [0.1, 0.15) is 16.1 Å². The molecule has 3 aromatic rings. The number of hydrogen-bond donors (Lipinski definition) is 1. The van der Waals surface area contributed by atoms with Crippen LogP contribution in [-0.2, 0) is 6.61 Å². The normalized spacial score (nSPS) is 10.3. The van der Waals surface area contributed by atoms with E-state index in [4.69, 9.17) is 9.15 Å². The molecule has 6 nitrogen and oxygen atoms in total. The van der Waals surface area contributed by atoms with E-state index in [1.54, 1.807) is 12.1 Å². The Balaban J connectivity index is 1.65. The predicted octanol–water partition coefficient (Wildman–Crippen LogP) is 3.54. The van der Waals surface area contributed by atoms with E-state index in [0.29, 0.717) is 5.69 Å². The zero-order valence-corrected chi connectivity index (χ0v) is 15.1. The fourth-order valence-corrected chi connectivity index (χ4v) is 2.39. The van der Waals surface area contributed by atoms with Gasteiger partial charge in [0, 0.05) is 31.5 Å². The number of anilines is 2. The first kappa shape index (κ1) is 18.3. The number of rotatable bonds is 6. The number of nitrogens with zero attached hydrogens (tertiary/aromatic N) is 1. The third-order valence-electron chi connectivity index (χ3n) is 3.90. The van der Waals surface area contributed by atoms with Gasteiger partial charge in [-0.2, -0.15) is 0 Å². The number of hydrogen-bond acceptors (Lipinski definition) is 5. The molecule has 1 amide bonds. The molecule has 6 heteroatoms. The van der Waals surface area contributed by atoms with E-state index in [2.05, 4.69) is 5.32 Å². The molecule has 0 radical (unpaired) electrons. The van der Waals surface area contributed by atoms with Crippen molar-refractivity contribution in [1.82, 2.24) is 0 Å². The van der Waals surface area contributed by atoms with Gasteiger partial charge in [-0.05, 0) is 29.8 Å². The van der Waals surface area contributed by atoms with Crippen molar-refractivity contribution in [2.75, 3.05) is 24.3 Å². The van der Waals surface area contributed by atoms with Crippen molar-refractivity contribution >= 4 is 17.3 Å². The lowest BCUT2D eigenvalue weighted by Gasteiger charge is -2.13. The van der Waals surface area contributed by atoms with Crippen molar-refractivity contribution < 1.29 is 13.9 Å². The lowest BCUT2D eigenvalue weighted by Crippen LogP contribution is -2.16. The van der Waals surface area contributed by atoms with Crippen LogP contribution in [0.2, 0.25) is 0 Å². The second kappa shape index (κ2) is 8.23. The van der Waals surface area contributed by atoms with Gasteiger partial charge in [0.2, 0.25) is 11.2 Å². The first-order valence-corrected chi connectivity index (χ1v) is 8.41. The summed E-state index contributed by atoms with van der Waals surface area (Å²) in [5.74, 6) is -0.520. The van der Waals surface area contributed by atoms with E-state index in [1.165, 1.54) is 0 Å². The second-order valence-corrected chi connectivity index (χ2v) is 6.14. The Morgan fingerprint density at radius 3 is 2.41 bits per heavy atom. The molecule has 0 aliphatic heterocycles. The molecule has 0 unspecified atom stereocenters. The molecule has 0 atom stereocenters. The van der Waals surface area contributed by atoms with Crippen LogP contribution in [0.25, 0.3) is 0 Å². The minimum absolute atomic E-state index is 0.0609. The molecule has 0 bridgehead atoms. The molecule has 27 heavy (non-hydrogen) atoms. The zero-order valence-electron chi connectivity index (χ0n) is 15.1. The number of carbonyl (C=O) groups excluding carboxylic acids is 1. The van der Waals surface area contributed by atoms with Crippen LogP contribution in [0.5, 0.6) is 5.75 Å². The smallest absolute Gasteiger partial charge is 0.291 e. The lowest BCUT2D eigenvalue weighted by atomic mass is 10.2. The van der Waals surface area contributed by atoms with Gasteiger partial charge in [-0.25, -0.2) is 0 Å². The van der Waals surface area contributed by atoms with E-state index in [0.717, 1.165) is 23.6 Å². The Labute approximate surface area is 157 Å². The van der Waals surface area contributed by atoms with Crippen LogP contribution in [0.15, 0.2) is 76.1 Å². The van der Waals surface area contributed by atoms with Crippen LogP contribution < -0.4 is 20.4 Å². The van der Waals surface area contributed by atoms with Gasteiger partial charge < -0.3 is 19.4 Å². The molecule has 2 aromatic carbocycles. The van der Waals surface area contributed by atoms with Gasteiger partial charge in [0.25, 0.3) is 5.91 Å². The van der Waals surface area contributed by atoms with E-state index in [1.807, 2.05) is 61.5 Å². The van der Waals surface area contributed by atoms with Crippen LogP contribution >= 0.6 is 0 Å². The highest BCUT2D eigenvalue weighted by Crippen LogP contribution is 2.17. The Morgan fingerprint density at radius 1 is 1.07 bits per heavy atom. The minimum atomic E-state index is -0.501. The number of benzene rings is 2. The average molecular weight is 364 g/mol. The van der Waals surface area contributed by atoms with Crippen molar-refractivity contribution in [2.45, 2.75) is 6.61 Å². The molecule has 0 saturated carbocycles. The van der Waals surface area contributed by atoms with Gasteiger partial charge in [-0.3, -0.25) is 9.59 Å². The average Bonchev–Trinajstić information content (AvgIpc) is 2.68. The third-order valence-corrected chi connectivity index (χ3v) is 3.90. The number of ether oxygens (including phenoxy) is 1. The summed E-state index contributed by atoms with van der Waals surface area (Å²) >= 11 is 0. The lowest BCUT2D eigenvalue weighted by molar-refractivity contribution is 0.0993. The molecule has 0 saturated heterocycles. The molecular weight excluding hydrogens is 344 g/mol. The molecule has 1 N–H and O–H groups in total. The van der Waals surface area contributed by atoms with Gasteiger partial charge in [0.05, 0.1) is 0 Å². The summed E-state index contributed by atoms with van der Waals surface area (Å²) in [5, 5.41) is 2.70. The van der Waals surface area contributed by atoms with Gasteiger partial charge >= 0.3 is 0 Å². The summed E-state index contributed by atoms with van der Waals surface area (Å²) < 4.78 is 10.7. The third kappa shape index (κ3) is 4.76. The van der Waals surface area contributed by atoms with E-state index < -0.39 is 11.3 Å². The maximum absolute atomic E-state index is 12.3. The van der Waals surface area contributed by atoms with Crippen molar-refractivity contribution in [2.24, 2.45) is 0 Å². The summed E-state index contributed by atoms with van der Waals surface area (Å²) in [5.41, 5.74) is 2.14. The Kier molecular flexibility index (Phi) is 5.56. The van der Waals surface area contributed by atoms with E-state index >= 15 is 0 Å². The van der Waals surface area contributed by atoms with Crippen molar-refractivity contribution in [3.8, 4) is 5.75 Å². The number of carbonyl (C=O) groups is 1. The van der Waals surface area contributed by atoms with Gasteiger partial charge in [0.15, 0.2) is 5.76 Å². The van der Waals surface area contributed by atoms with Crippen LogP contribution in [0.3, 0.4) is 0 Å². The Morgan fingerprint density at radius 2 is 1.78 bits per heavy atom. The molecule has 0 spiro atoms. The molecule has 0 fully saturated rings. The van der Waals surface area contributed by atoms with Crippen LogP contribution in [0, 0.1) is 0 Å². The number of amides is 1. The van der Waals surface area contributed by atoms with Crippen molar-refractivity contribution in [1.29, 1.82) is 0 Å². The quantitative estimate of drug-likeness (QED) is 0.724. The molecule has 1 aromatic heterocycles.